The van der Waals surface area contributed by atoms with Crippen LogP contribution in [0.5, 0.6) is 0 Å². The van der Waals surface area contributed by atoms with Crippen LogP contribution in [0, 0.1) is 0 Å². The molecule has 2 aliphatic rings. The molecule has 0 saturated carbocycles. The van der Waals surface area contributed by atoms with Crippen molar-refractivity contribution in [3.63, 3.8) is 0 Å². The number of hydrogen-bond donors (Lipinski definition) is 2. The zero-order valence-corrected chi connectivity index (χ0v) is 10.8. The van der Waals surface area contributed by atoms with Crippen molar-refractivity contribution in [3.8, 4) is 0 Å². The third kappa shape index (κ3) is 1.95. The van der Waals surface area contributed by atoms with Crippen LogP contribution >= 0.6 is 11.6 Å². The van der Waals surface area contributed by atoms with Gasteiger partial charge < -0.3 is 15.5 Å². The highest BCUT2D eigenvalue weighted by Gasteiger charge is 2.34. The van der Waals surface area contributed by atoms with Crippen molar-refractivity contribution < 1.29 is 4.79 Å². The summed E-state index contributed by atoms with van der Waals surface area (Å²) in [6.45, 7) is 2.02. The lowest BCUT2D eigenvalue weighted by Crippen LogP contribution is -2.48. The Morgan fingerprint density at radius 1 is 1.33 bits per heavy atom. The fourth-order valence-electron chi connectivity index (χ4n) is 2.84. The molecule has 0 radical (unpaired) electrons. The van der Waals surface area contributed by atoms with E-state index >= 15 is 0 Å². The lowest BCUT2D eigenvalue weighted by molar-refractivity contribution is -0.108. The number of benzene rings is 1. The quantitative estimate of drug-likeness (QED) is 0.801. The summed E-state index contributed by atoms with van der Waals surface area (Å²) < 4.78 is 0. The van der Waals surface area contributed by atoms with Gasteiger partial charge in [0.1, 0.15) is 0 Å². The number of fused-ring (bicyclic) bond motifs is 1. The summed E-state index contributed by atoms with van der Waals surface area (Å²) in [5, 5.41) is 7.27. The van der Waals surface area contributed by atoms with Crippen molar-refractivity contribution in [3.05, 3.63) is 23.2 Å². The molecular formula is C13H16ClN3O. The molecule has 0 aromatic heterocycles. The van der Waals surface area contributed by atoms with Gasteiger partial charge in [-0.3, -0.25) is 4.79 Å². The number of carbonyl (C=O) groups is 1. The molecule has 1 aromatic carbocycles. The van der Waals surface area contributed by atoms with E-state index in [9.17, 15) is 4.79 Å². The first-order valence-electron chi connectivity index (χ1n) is 6.30. The van der Waals surface area contributed by atoms with Gasteiger partial charge in [0.15, 0.2) is 12.5 Å². The number of hydrogen-bond acceptors (Lipinski definition) is 4. The normalized spacial score (nSPS) is 23.6. The minimum atomic E-state index is -0.262. The lowest BCUT2D eigenvalue weighted by atomic mass is 10.0. The highest BCUT2D eigenvalue weighted by Crippen LogP contribution is 2.38. The molecule has 1 atom stereocenters. The number of anilines is 2. The molecule has 2 heterocycles. The summed E-state index contributed by atoms with van der Waals surface area (Å²) in [6, 6.07) is 6.17. The predicted octanol–water partition coefficient (Wildman–Crippen LogP) is 1.85. The van der Waals surface area contributed by atoms with E-state index in [0.717, 1.165) is 43.6 Å². The van der Waals surface area contributed by atoms with Gasteiger partial charge in [-0.1, -0.05) is 11.6 Å². The van der Waals surface area contributed by atoms with Crippen LogP contribution in [-0.2, 0) is 4.79 Å². The van der Waals surface area contributed by atoms with Crippen LogP contribution in [0.3, 0.4) is 0 Å². The highest BCUT2D eigenvalue weighted by atomic mass is 35.5. The summed E-state index contributed by atoms with van der Waals surface area (Å²) in [6.07, 6.45) is 2.83. The smallest absolute Gasteiger partial charge is 0.162 e. The second-order valence-corrected chi connectivity index (χ2v) is 5.21. The second kappa shape index (κ2) is 4.78. The summed E-state index contributed by atoms with van der Waals surface area (Å²) in [4.78, 5) is 13.5. The molecule has 18 heavy (non-hydrogen) atoms. The highest BCUT2D eigenvalue weighted by molar-refractivity contribution is 6.31. The third-order valence-electron chi connectivity index (χ3n) is 3.67. The Balaban J connectivity index is 1.93. The molecule has 0 spiro atoms. The predicted molar refractivity (Wildman–Crippen MR) is 73.3 cm³/mol. The maximum absolute atomic E-state index is 11.3. The van der Waals surface area contributed by atoms with E-state index in [2.05, 4.69) is 15.5 Å². The molecule has 2 N–H and O–H groups in total. The first-order valence-corrected chi connectivity index (χ1v) is 6.68. The maximum Gasteiger partial charge on any atom is 0.162 e. The summed E-state index contributed by atoms with van der Waals surface area (Å²) in [7, 11) is 0. The third-order valence-corrected chi connectivity index (χ3v) is 3.91. The van der Waals surface area contributed by atoms with Crippen LogP contribution in [0.4, 0.5) is 11.4 Å². The van der Waals surface area contributed by atoms with Crippen molar-refractivity contribution in [1.82, 2.24) is 5.32 Å². The van der Waals surface area contributed by atoms with Gasteiger partial charge in [0.25, 0.3) is 0 Å². The molecule has 1 fully saturated rings. The zero-order chi connectivity index (χ0) is 12.5. The Hall–Kier alpha value is -1.26. The number of rotatable bonds is 2. The average molecular weight is 266 g/mol. The Bertz CT molecular complexity index is 460. The number of nitrogens with zero attached hydrogens (tertiary/aromatic N) is 1. The van der Waals surface area contributed by atoms with Gasteiger partial charge in [0.05, 0.1) is 11.4 Å². The first kappa shape index (κ1) is 11.8. The molecule has 2 aliphatic heterocycles. The van der Waals surface area contributed by atoms with Crippen molar-refractivity contribution in [2.45, 2.75) is 25.0 Å². The van der Waals surface area contributed by atoms with E-state index in [1.54, 1.807) is 0 Å². The number of aldehydes is 1. The summed E-state index contributed by atoms with van der Waals surface area (Å²) >= 11 is 5.99. The lowest BCUT2D eigenvalue weighted by Gasteiger charge is -2.35. The molecule has 4 nitrogen and oxygen atoms in total. The zero-order valence-electron chi connectivity index (χ0n) is 10.0. The molecule has 5 heteroatoms. The van der Waals surface area contributed by atoms with Gasteiger partial charge in [-0.2, -0.15) is 0 Å². The topological polar surface area (TPSA) is 44.4 Å². The second-order valence-electron chi connectivity index (χ2n) is 4.78. The Morgan fingerprint density at radius 2 is 2.11 bits per heavy atom. The van der Waals surface area contributed by atoms with E-state index in [0.29, 0.717) is 11.1 Å². The van der Waals surface area contributed by atoms with Crippen LogP contribution < -0.4 is 15.5 Å². The molecule has 0 aliphatic carbocycles. The van der Waals surface area contributed by atoms with Crippen LogP contribution in [-0.4, -0.2) is 31.6 Å². The fraction of sp³-hybridized carbons (Fsp3) is 0.462. The van der Waals surface area contributed by atoms with Gasteiger partial charge in [0.2, 0.25) is 0 Å². The van der Waals surface area contributed by atoms with E-state index in [1.165, 1.54) is 0 Å². The Labute approximate surface area is 111 Å². The van der Waals surface area contributed by atoms with E-state index in [1.807, 2.05) is 18.2 Å². The molecule has 0 bridgehead atoms. The number of piperidine rings is 1. The van der Waals surface area contributed by atoms with Crippen molar-refractivity contribution in [2.75, 3.05) is 23.3 Å². The number of halogens is 1. The van der Waals surface area contributed by atoms with Crippen LogP contribution in [0.1, 0.15) is 12.8 Å². The van der Waals surface area contributed by atoms with Gasteiger partial charge >= 0.3 is 0 Å². The van der Waals surface area contributed by atoms with Gasteiger partial charge in [-0.15, -0.1) is 0 Å². The summed E-state index contributed by atoms with van der Waals surface area (Å²) in [5.74, 6) is 0. The molecule has 1 unspecified atom stereocenters. The van der Waals surface area contributed by atoms with Gasteiger partial charge in [-0.25, -0.2) is 0 Å². The van der Waals surface area contributed by atoms with Gasteiger partial charge in [0, 0.05) is 11.1 Å². The van der Waals surface area contributed by atoms with E-state index in [-0.39, 0.29) is 6.17 Å². The van der Waals surface area contributed by atoms with Crippen LogP contribution in [0.2, 0.25) is 5.02 Å². The Kier molecular flexibility index (Phi) is 3.14. The first-order chi connectivity index (χ1) is 8.79. The minimum Gasteiger partial charge on any atom is -0.358 e. The van der Waals surface area contributed by atoms with Crippen molar-refractivity contribution >= 4 is 29.3 Å². The molecule has 3 rings (SSSR count). The molecule has 1 aromatic rings. The standard InChI is InChI=1S/C13H16ClN3O/c14-9-1-2-12-11(7-9)16-13(8-18)17(12)10-3-5-15-6-4-10/h1-2,7-8,10,13,15-16H,3-6H2. The van der Waals surface area contributed by atoms with Gasteiger partial charge in [-0.05, 0) is 44.1 Å². The fourth-order valence-corrected chi connectivity index (χ4v) is 3.01. The molecule has 1 saturated heterocycles. The molecule has 96 valence electrons. The number of carbonyl (C=O) groups excluding carboxylic acids is 1. The van der Waals surface area contributed by atoms with Crippen molar-refractivity contribution in [1.29, 1.82) is 0 Å². The monoisotopic (exact) mass is 265 g/mol. The van der Waals surface area contributed by atoms with Crippen LogP contribution in [0.25, 0.3) is 0 Å². The molecular weight excluding hydrogens is 250 g/mol. The van der Waals surface area contributed by atoms with Crippen LogP contribution in [0.15, 0.2) is 18.2 Å². The van der Waals surface area contributed by atoms with E-state index < -0.39 is 0 Å². The molecule has 0 amide bonds. The van der Waals surface area contributed by atoms with E-state index in [4.69, 9.17) is 11.6 Å². The average Bonchev–Trinajstić information content (AvgIpc) is 2.77. The minimum absolute atomic E-state index is 0.262. The largest absolute Gasteiger partial charge is 0.358 e. The van der Waals surface area contributed by atoms with Crippen molar-refractivity contribution in [2.24, 2.45) is 0 Å². The maximum atomic E-state index is 11.3. The Morgan fingerprint density at radius 3 is 2.83 bits per heavy atom. The number of nitrogens with one attached hydrogen (secondary N) is 2. The summed E-state index contributed by atoms with van der Waals surface area (Å²) in [5.41, 5.74) is 2.04. The SMILES string of the molecule is O=CC1Nc2cc(Cl)ccc2N1C1CCNCC1.